The highest BCUT2D eigenvalue weighted by molar-refractivity contribution is 6.04. The Morgan fingerprint density at radius 1 is 1.23 bits per heavy atom. The zero-order valence-corrected chi connectivity index (χ0v) is 18.9. The van der Waals surface area contributed by atoms with Crippen molar-refractivity contribution in [3.05, 3.63) is 58.9 Å². The second kappa shape index (κ2) is 8.79. The summed E-state index contributed by atoms with van der Waals surface area (Å²) in [5, 5.41) is 2.99. The number of nitrogens with zero attached hydrogens (tertiary/aromatic N) is 3. The summed E-state index contributed by atoms with van der Waals surface area (Å²) < 4.78 is 0. The molecule has 4 rings (SSSR count). The van der Waals surface area contributed by atoms with Crippen molar-refractivity contribution >= 4 is 17.5 Å². The fourth-order valence-electron chi connectivity index (χ4n) is 4.66. The number of carbonyl (C=O) groups is 2. The molecule has 2 aromatic rings. The Labute approximate surface area is 184 Å². The van der Waals surface area contributed by atoms with Crippen LogP contribution in [-0.2, 0) is 11.3 Å². The van der Waals surface area contributed by atoms with Crippen LogP contribution in [0.4, 0.5) is 5.69 Å². The van der Waals surface area contributed by atoms with E-state index in [2.05, 4.69) is 42.0 Å². The van der Waals surface area contributed by atoms with Gasteiger partial charge in [0.1, 0.15) is 0 Å². The molecule has 1 fully saturated rings. The average Bonchev–Trinajstić information content (AvgIpc) is 2.75. The van der Waals surface area contributed by atoms with E-state index in [1.807, 2.05) is 36.3 Å². The van der Waals surface area contributed by atoms with Gasteiger partial charge in [-0.1, -0.05) is 26.8 Å². The molecule has 1 aromatic heterocycles. The van der Waals surface area contributed by atoms with Crippen LogP contribution in [-0.4, -0.2) is 52.8 Å². The fraction of sp³-hybridized carbons (Fsp3) is 0.480. The molecule has 0 saturated carbocycles. The number of nitrogens with one attached hydrogen (secondary N) is 1. The van der Waals surface area contributed by atoms with Gasteiger partial charge in [-0.2, -0.15) is 0 Å². The quantitative estimate of drug-likeness (QED) is 0.812. The first-order valence-electron chi connectivity index (χ1n) is 11.2. The van der Waals surface area contributed by atoms with Crippen molar-refractivity contribution in [1.82, 2.24) is 14.8 Å². The molecule has 2 aliphatic rings. The molecule has 0 radical (unpaired) electrons. The van der Waals surface area contributed by atoms with Gasteiger partial charge in [-0.15, -0.1) is 0 Å². The molecule has 2 aliphatic heterocycles. The van der Waals surface area contributed by atoms with Crippen LogP contribution in [0.2, 0.25) is 0 Å². The highest BCUT2D eigenvalue weighted by Crippen LogP contribution is 2.32. The summed E-state index contributed by atoms with van der Waals surface area (Å²) in [5.41, 5.74) is 4.96. The van der Waals surface area contributed by atoms with E-state index >= 15 is 0 Å². The van der Waals surface area contributed by atoms with Crippen LogP contribution < -0.4 is 5.32 Å². The van der Waals surface area contributed by atoms with Crippen molar-refractivity contribution in [3.8, 4) is 0 Å². The molecule has 3 heterocycles. The molecule has 1 aromatic carbocycles. The first-order valence-corrected chi connectivity index (χ1v) is 11.2. The van der Waals surface area contributed by atoms with Crippen LogP contribution in [0.1, 0.15) is 72.5 Å². The molecular weight excluding hydrogens is 388 g/mol. The molecule has 2 atom stereocenters. The third-order valence-corrected chi connectivity index (χ3v) is 6.65. The number of pyridine rings is 1. The average molecular weight is 421 g/mol. The van der Waals surface area contributed by atoms with Crippen LogP contribution in [0.15, 0.2) is 36.7 Å². The minimum atomic E-state index is -0.121. The van der Waals surface area contributed by atoms with E-state index < -0.39 is 0 Å². The monoisotopic (exact) mass is 420 g/mol. The Bertz CT molecular complexity index is 987. The second-order valence-electron chi connectivity index (χ2n) is 9.32. The number of amides is 2. The Kier molecular flexibility index (Phi) is 6.10. The molecule has 0 bridgehead atoms. The molecule has 1 saturated heterocycles. The second-order valence-corrected chi connectivity index (χ2v) is 9.32. The van der Waals surface area contributed by atoms with Crippen LogP contribution in [0.25, 0.3) is 0 Å². The molecule has 6 heteroatoms. The van der Waals surface area contributed by atoms with Crippen molar-refractivity contribution in [3.63, 3.8) is 0 Å². The summed E-state index contributed by atoms with van der Waals surface area (Å²) >= 11 is 0. The number of aromatic nitrogens is 1. The molecule has 2 amide bonds. The summed E-state index contributed by atoms with van der Waals surface area (Å²) in [4.78, 5) is 33.6. The standard InChI is InChI=1S/C25H32N4O2/c1-16(2)19-10-21(13-26-12-19)27-25(31)18-5-6-23-17(3)14-29(15-20(23)9-18)22-7-8-28(4)24(30)11-22/h5-6,9-10,12-13,16-17,22H,7-8,11,14-15H2,1-4H3,(H,27,31). The Balaban J connectivity index is 1.51. The molecule has 2 unspecified atom stereocenters. The number of fused-ring (bicyclic) bond motifs is 1. The minimum Gasteiger partial charge on any atom is -0.346 e. The highest BCUT2D eigenvalue weighted by atomic mass is 16.2. The summed E-state index contributed by atoms with van der Waals surface area (Å²) in [6.07, 6.45) is 5.10. The van der Waals surface area contributed by atoms with Crippen molar-refractivity contribution in [2.24, 2.45) is 0 Å². The summed E-state index contributed by atoms with van der Waals surface area (Å²) in [5.74, 6) is 0.833. The van der Waals surface area contributed by atoms with E-state index in [4.69, 9.17) is 0 Å². The number of hydrogen-bond donors (Lipinski definition) is 1. The van der Waals surface area contributed by atoms with Crippen molar-refractivity contribution in [1.29, 1.82) is 0 Å². The topological polar surface area (TPSA) is 65.5 Å². The Hall–Kier alpha value is -2.73. The number of piperidine rings is 1. The van der Waals surface area contributed by atoms with Gasteiger partial charge in [-0.3, -0.25) is 19.5 Å². The lowest BCUT2D eigenvalue weighted by molar-refractivity contribution is -0.134. The summed E-state index contributed by atoms with van der Waals surface area (Å²) in [6.45, 7) is 8.99. The predicted octanol–water partition coefficient (Wildman–Crippen LogP) is 4.00. The van der Waals surface area contributed by atoms with Gasteiger partial charge in [-0.25, -0.2) is 0 Å². The largest absolute Gasteiger partial charge is 0.346 e. The maximum atomic E-state index is 12.9. The van der Waals surface area contributed by atoms with E-state index in [0.717, 1.165) is 31.6 Å². The first kappa shape index (κ1) is 21.5. The number of anilines is 1. The lowest BCUT2D eigenvalue weighted by Gasteiger charge is -2.41. The molecule has 6 nitrogen and oxygen atoms in total. The van der Waals surface area contributed by atoms with Gasteiger partial charge >= 0.3 is 0 Å². The van der Waals surface area contributed by atoms with E-state index in [-0.39, 0.29) is 17.9 Å². The maximum absolute atomic E-state index is 12.9. The van der Waals surface area contributed by atoms with Crippen molar-refractivity contribution in [2.45, 2.75) is 58.0 Å². The zero-order chi connectivity index (χ0) is 22.1. The predicted molar refractivity (Wildman–Crippen MR) is 122 cm³/mol. The molecule has 0 spiro atoms. The van der Waals surface area contributed by atoms with Gasteiger partial charge in [0, 0.05) is 50.9 Å². The van der Waals surface area contributed by atoms with Crippen molar-refractivity contribution in [2.75, 3.05) is 25.5 Å². The zero-order valence-electron chi connectivity index (χ0n) is 18.9. The molecule has 1 N–H and O–H groups in total. The minimum absolute atomic E-state index is 0.121. The number of benzene rings is 1. The van der Waals surface area contributed by atoms with Gasteiger partial charge in [0.05, 0.1) is 11.9 Å². The smallest absolute Gasteiger partial charge is 0.255 e. The molecular formula is C25H32N4O2. The third kappa shape index (κ3) is 4.64. The first-order chi connectivity index (χ1) is 14.8. The van der Waals surface area contributed by atoms with Gasteiger partial charge in [0.15, 0.2) is 0 Å². The van der Waals surface area contributed by atoms with Crippen LogP contribution in [0.5, 0.6) is 0 Å². The normalized spacial score (nSPS) is 21.8. The number of hydrogen-bond acceptors (Lipinski definition) is 4. The fourth-order valence-corrected chi connectivity index (χ4v) is 4.66. The van der Waals surface area contributed by atoms with Gasteiger partial charge in [-0.05, 0) is 53.1 Å². The number of carbonyl (C=O) groups excluding carboxylic acids is 2. The van der Waals surface area contributed by atoms with E-state index in [9.17, 15) is 9.59 Å². The van der Waals surface area contributed by atoms with Gasteiger partial charge in [0.25, 0.3) is 5.91 Å². The van der Waals surface area contributed by atoms with E-state index in [1.54, 1.807) is 6.20 Å². The lowest BCUT2D eigenvalue weighted by Crippen LogP contribution is -2.48. The molecule has 31 heavy (non-hydrogen) atoms. The van der Waals surface area contributed by atoms with Crippen LogP contribution in [0, 0.1) is 0 Å². The van der Waals surface area contributed by atoms with Crippen LogP contribution in [0.3, 0.4) is 0 Å². The Morgan fingerprint density at radius 2 is 2.03 bits per heavy atom. The van der Waals surface area contributed by atoms with Crippen LogP contribution >= 0.6 is 0 Å². The number of likely N-dealkylation sites (tertiary alicyclic amines) is 1. The number of rotatable bonds is 4. The Morgan fingerprint density at radius 3 is 2.77 bits per heavy atom. The lowest BCUT2D eigenvalue weighted by atomic mass is 9.87. The van der Waals surface area contributed by atoms with E-state index in [1.165, 1.54) is 11.1 Å². The van der Waals surface area contributed by atoms with Gasteiger partial charge < -0.3 is 10.2 Å². The summed E-state index contributed by atoms with van der Waals surface area (Å²) in [7, 11) is 1.88. The molecule has 0 aliphatic carbocycles. The third-order valence-electron chi connectivity index (χ3n) is 6.65. The summed E-state index contributed by atoms with van der Waals surface area (Å²) in [6, 6.07) is 8.29. The van der Waals surface area contributed by atoms with Gasteiger partial charge in [0.2, 0.25) is 5.91 Å². The van der Waals surface area contributed by atoms with E-state index in [0.29, 0.717) is 29.5 Å². The SMILES string of the molecule is CC(C)c1cncc(NC(=O)c2ccc3c(c2)CN(C2CCN(C)C(=O)C2)CC3C)c1. The van der Waals surface area contributed by atoms with Crippen molar-refractivity contribution < 1.29 is 9.59 Å². The highest BCUT2D eigenvalue weighted by Gasteiger charge is 2.32. The molecule has 164 valence electrons. The maximum Gasteiger partial charge on any atom is 0.255 e.